The molecule has 0 amide bonds. The molecule has 1 N–H and O–H groups in total. The highest BCUT2D eigenvalue weighted by Crippen LogP contribution is 2.22. The smallest absolute Gasteiger partial charge is 0.123 e. The number of H-pyrrole nitrogens is 1. The normalized spacial score (nSPS) is 10.6. The van der Waals surface area contributed by atoms with Gasteiger partial charge in [0.05, 0.1) is 11.9 Å². The highest BCUT2D eigenvalue weighted by Gasteiger charge is 2.07. The quantitative estimate of drug-likeness (QED) is 0.854. The molecule has 0 saturated heterocycles. The number of aromatic nitrogens is 2. The fourth-order valence-corrected chi connectivity index (χ4v) is 1.90. The van der Waals surface area contributed by atoms with Crippen LogP contribution in [0.2, 0.25) is 0 Å². The Labute approximate surface area is 102 Å². The number of aromatic amines is 1. The first-order chi connectivity index (χ1) is 7.81. The summed E-state index contributed by atoms with van der Waals surface area (Å²) in [5.74, 6) is -0.217. The van der Waals surface area contributed by atoms with E-state index in [1.807, 2.05) is 6.20 Å². The molecule has 0 radical (unpaired) electrons. The molecule has 0 bridgehead atoms. The molecule has 0 aliphatic rings. The zero-order chi connectivity index (χ0) is 11.4. The Morgan fingerprint density at radius 1 is 1.25 bits per heavy atom. The number of hydrogen-bond acceptors (Lipinski definition) is 1. The van der Waals surface area contributed by atoms with Crippen LogP contribution in [-0.2, 0) is 6.42 Å². The van der Waals surface area contributed by atoms with Gasteiger partial charge in [-0.15, -0.1) is 0 Å². The number of aryl methyl sites for hydroxylation is 1. The van der Waals surface area contributed by atoms with Crippen LogP contribution in [0.25, 0.3) is 11.3 Å². The second-order valence-corrected chi connectivity index (χ2v) is 4.36. The summed E-state index contributed by atoms with van der Waals surface area (Å²) in [5, 5.41) is 7.98. The van der Waals surface area contributed by atoms with Crippen molar-refractivity contribution in [3.05, 3.63) is 41.8 Å². The van der Waals surface area contributed by atoms with Crippen LogP contribution in [0.15, 0.2) is 30.5 Å². The minimum absolute atomic E-state index is 0.217. The molecule has 0 spiro atoms. The molecular formula is C12H12BrFN2. The van der Waals surface area contributed by atoms with Crippen LogP contribution in [0.4, 0.5) is 4.39 Å². The van der Waals surface area contributed by atoms with Gasteiger partial charge in [0.2, 0.25) is 0 Å². The van der Waals surface area contributed by atoms with Crippen molar-refractivity contribution >= 4 is 15.9 Å². The number of benzene rings is 1. The topological polar surface area (TPSA) is 28.7 Å². The molecule has 2 rings (SSSR count). The van der Waals surface area contributed by atoms with Crippen molar-refractivity contribution in [2.45, 2.75) is 12.8 Å². The maximum Gasteiger partial charge on any atom is 0.123 e. The first kappa shape index (κ1) is 11.3. The maximum atomic E-state index is 12.8. The van der Waals surface area contributed by atoms with E-state index in [-0.39, 0.29) is 5.82 Å². The lowest BCUT2D eigenvalue weighted by Gasteiger charge is -2.02. The minimum Gasteiger partial charge on any atom is -0.278 e. The van der Waals surface area contributed by atoms with Crippen molar-refractivity contribution in [1.82, 2.24) is 10.2 Å². The summed E-state index contributed by atoms with van der Waals surface area (Å²) in [7, 11) is 0. The second kappa shape index (κ2) is 5.25. The van der Waals surface area contributed by atoms with Gasteiger partial charge in [0.25, 0.3) is 0 Å². The van der Waals surface area contributed by atoms with Crippen LogP contribution in [0.1, 0.15) is 12.0 Å². The predicted molar refractivity (Wildman–Crippen MR) is 66.1 cm³/mol. The molecule has 1 aromatic carbocycles. The molecule has 1 aromatic heterocycles. The van der Waals surface area contributed by atoms with Gasteiger partial charge >= 0.3 is 0 Å². The molecule has 4 heteroatoms. The molecule has 84 valence electrons. The maximum absolute atomic E-state index is 12.8. The van der Waals surface area contributed by atoms with Crippen molar-refractivity contribution in [3.8, 4) is 11.3 Å². The van der Waals surface area contributed by atoms with Crippen LogP contribution in [0.3, 0.4) is 0 Å². The number of rotatable bonds is 4. The lowest BCUT2D eigenvalue weighted by atomic mass is 10.1. The Hall–Kier alpha value is -1.16. The molecular weight excluding hydrogens is 271 g/mol. The van der Waals surface area contributed by atoms with Gasteiger partial charge in [0.15, 0.2) is 0 Å². The summed E-state index contributed by atoms with van der Waals surface area (Å²) in [5.41, 5.74) is 3.13. The second-order valence-electron chi connectivity index (χ2n) is 3.57. The molecule has 0 fully saturated rings. The van der Waals surface area contributed by atoms with Gasteiger partial charge in [-0.05, 0) is 42.7 Å². The summed E-state index contributed by atoms with van der Waals surface area (Å²) in [6.45, 7) is 0. The monoisotopic (exact) mass is 282 g/mol. The third-order valence-corrected chi connectivity index (χ3v) is 2.99. The minimum atomic E-state index is -0.217. The SMILES string of the molecule is Fc1ccc(-c2[nH]ncc2CCCBr)cc1. The van der Waals surface area contributed by atoms with E-state index in [0.717, 1.165) is 29.4 Å². The lowest BCUT2D eigenvalue weighted by Crippen LogP contribution is -1.88. The molecule has 0 aliphatic heterocycles. The summed E-state index contributed by atoms with van der Waals surface area (Å²) < 4.78 is 12.8. The lowest BCUT2D eigenvalue weighted by molar-refractivity contribution is 0.628. The number of hydrogen-bond donors (Lipinski definition) is 1. The van der Waals surface area contributed by atoms with Gasteiger partial charge in [-0.25, -0.2) is 4.39 Å². The van der Waals surface area contributed by atoms with E-state index in [1.165, 1.54) is 17.7 Å². The summed E-state index contributed by atoms with van der Waals surface area (Å²) >= 11 is 3.41. The third kappa shape index (κ3) is 2.50. The van der Waals surface area contributed by atoms with Gasteiger partial charge in [-0.3, -0.25) is 5.10 Å². The van der Waals surface area contributed by atoms with Crippen LogP contribution >= 0.6 is 15.9 Å². The van der Waals surface area contributed by atoms with Crippen molar-refractivity contribution in [2.75, 3.05) is 5.33 Å². The van der Waals surface area contributed by atoms with E-state index in [2.05, 4.69) is 26.1 Å². The zero-order valence-corrected chi connectivity index (χ0v) is 10.3. The number of halogens is 2. The average molecular weight is 283 g/mol. The first-order valence-corrected chi connectivity index (χ1v) is 6.27. The summed E-state index contributed by atoms with van der Waals surface area (Å²) in [6, 6.07) is 6.45. The Balaban J connectivity index is 2.26. The van der Waals surface area contributed by atoms with Crippen molar-refractivity contribution in [1.29, 1.82) is 0 Å². The molecule has 16 heavy (non-hydrogen) atoms. The van der Waals surface area contributed by atoms with E-state index in [1.54, 1.807) is 12.1 Å². The fraction of sp³-hybridized carbons (Fsp3) is 0.250. The standard InChI is InChI=1S/C12H12BrFN2/c13-7-1-2-10-8-15-16-12(10)9-3-5-11(14)6-4-9/h3-6,8H,1-2,7H2,(H,15,16). The van der Waals surface area contributed by atoms with Crippen LogP contribution < -0.4 is 0 Å². The molecule has 0 unspecified atom stereocenters. The van der Waals surface area contributed by atoms with Crippen LogP contribution in [-0.4, -0.2) is 15.5 Å². The van der Waals surface area contributed by atoms with E-state index in [4.69, 9.17) is 0 Å². The van der Waals surface area contributed by atoms with Crippen LogP contribution in [0, 0.1) is 5.82 Å². The highest BCUT2D eigenvalue weighted by atomic mass is 79.9. The van der Waals surface area contributed by atoms with E-state index in [9.17, 15) is 4.39 Å². The van der Waals surface area contributed by atoms with Gasteiger partial charge in [-0.2, -0.15) is 5.10 Å². The Morgan fingerprint density at radius 2 is 2.00 bits per heavy atom. The van der Waals surface area contributed by atoms with Gasteiger partial charge in [-0.1, -0.05) is 15.9 Å². The third-order valence-electron chi connectivity index (χ3n) is 2.43. The van der Waals surface area contributed by atoms with Gasteiger partial charge < -0.3 is 0 Å². The molecule has 0 aliphatic carbocycles. The average Bonchev–Trinajstić information content (AvgIpc) is 2.75. The molecule has 0 atom stereocenters. The van der Waals surface area contributed by atoms with E-state index in [0.29, 0.717) is 0 Å². The van der Waals surface area contributed by atoms with Crippen molar-refractivity contribution in [3.63, 3.8) is 0 Å². The fourth-order valence-electron chi connectivity index (χ4n) is 1.62. The predicted octanol–water partition coefficient (Wildman–Crippen LogP) is 3.54. The van der Waals surface area contributed by atoms with Crippen molar-refractivity contribution < 1.29 is 4.39 Å². The molecule has 2 aromatic rings. The van der Waals surface area contributed by atoms with Gasteiger partial charge in [0.1, 0.15) is 5.82 Å². The Morgan fingerprint density at radius 3 is 2.69 bits per heavy atom. The molecule has 1 heterocycles. The highest BCUT2D eigenvalue weighted by molar-refractivity contribution is 9.09. The number of nitrogens with zero attached hydrogens (tertiary/aromatic N) is 1. The number of nitrogens with one attached hydrogen (secondary N) is 1. The van der Waals surface area contributed by atoms with E-state index < -0.39 is 0 Å². The summed E-state index contributed by atoms with van der Waals surface area (Å²) in [6.07, 6.45) is 3.86. The Bertz CT molecular complexity index is 450. The van der Waals surface area contributed by atoms with E-state index >= 15 is 0 Å². The molecule has 2 nitrogen and oxygen atoms in total. The van der Waals surface area contributed by atoms with Crippen LogP contribution in [0.5, 0.6) is 0 Å². The number of alkyl halides is 1. The first-order valence-electron chi connectivity index (χ1n) is 5.15. The molecule has 0 saturated carbocycles. The van der Waals surface area contributed by atoms with Crippen molar-refractivity contribution in [2.24, 2.45) is 0 Å². The Kier molecular flexibility index (Phi) is 3.72. The summed E-state index contributed by atoms with van der Waals surface area (Å²) in [4.78, 5) is 0. The largest absolute Gasteiger partial charge is 0.278 e. The van der Waals surface area contributed by atoms with Gasteiger partial charge in [0, 0.05) is 10.9 Å². The zero-order valence-electron chi connectivity index (χ0n) is 8.71.